The fourth-order valence-corrected chi connectivity index (χ4v) is 5.72. The molecule has 2 aromatic carbocycles. The zero-order valence-electron chi connectivity index (χ0n) is 34.9. The van der Waals surface area contributed by atoms with E-state index in [0.29, 0.717) is 15.4 Å². The van der Waals surface area contributed by atoms with Crippen molar-refractivity contribution >= 4 is 22.5 Å². The van der Waals surface area contributed by atoms with Crippen molar-refractivity contribution in [2.45, 2.75) is 63.3 Å². The van der Waals surface area contributed by atoms with E-state index in [-0.39, 0.29) is 17.8 Å². The number of esters is 1. The van der Waals surface area contributed by atoms with Gasteiger partial charge < -0.3 is 18.9 Å². The number of benzene rings is 2. The summed E-state index contributed by atoms with van der Waals surface area (Å²) in [7, 11) is -4.63. The lowest BCUT2D eigenvalue weighted by Crippen LogP contribution is -2.44. The molecule has 1 unspecified atom stereocenters. The van der Waals surface area contributed by atoms with Crippen LogP contribution in [0.3, 0.4) is 0 Å². The fraction of sp³-hybridized carbons (Fsp3) is 0.533. The van der Waals surface area contributed by atoms with Crippen molar-refractivity contribution in [3.8, 4) is 0 Å². The summed E-state index contributed by atoms with van der Waals surface area (Å²) in [5, 5.41) is 0. The first-order valence-corrected chi connectivity index (χ1v) is 13.8. The van der Waals surface area contributed by atoms with Gasteiger partial charge in [0.2, 0.25) is 10.0 Å². The Morgan fingerprint density at radius 3 is 2.67 bits per heavy atom. The van der Waals surface area contributed by atoms with E-state index in [1.807, 2.05) is 0 Å². The van der Waals surface area contributed by atoms with E-state index in [4.69, 9.17) is 36.8 Å². The Bertz CT molecular complexity index is 1780. The highest BCUT2D eigenvalue weighted by Crippen LogP contribution is 2.34. The number of fused-ring (bicyclic) bond motifs is 1. The van der Waals surface area contributed by atoms with Gasteiger partial charge in [-0.15, -0.1) is 0 Å². The fourth-order valence-electron chi connectivity index (χ4n) is 4.23. The Labute approximate surface area is 255 Å². The molecule has 2 heterocycles. The first-order chi connectivity index (χ1) is 24.0. The summed E-state index contributed by atoms with van der Waals surface area (Å²) in [5.74, 6) is -8.98. The summed E-state index contributed by atoms with van der Waals surface area (Å²) in [4.78, 5) is 25.4. The van der Waals surface area contributed by atoms with Crippen molar-refractivity contribution in [1.29, 1.82) is 0 Å². The molecule has 218 valence electrons. The van der Waals surface area contributed by atoms with E-state index < -0.39 is 98.0 Å². The molecule has 2 fully saturated rings. The molecule has 2 aromatic rings. The van der Waals surface area contributed by atoms with Gasteiger partial charge in [0, 0.05) is 22.1 Å². The van der Waals surface area contributed by atoms with Crippen LogP contribution in [-0.2, 0) is 45.0 Å². The molecule has 0 aliphatic carbocycles. The Morgan fingerprint density at radius 1 is 1.23 bits per heavy atom. The molecular weight excluding hydrogens is 534 g/mol. The summed E-state index contributed by atoms with van der Waals surface area (Å²) in [5.41, 5.74) is 1.18. The molecular formula is C30H39NO8S. The molecule has 10 heteroatoms. The molecule has 0 radical (unpaired) electrons. The molecule has 2 aliphatic rings. The maximum atomic E-state index is 14.0. The van der Waals surface area contributed by atoms with Gasteiger partial charge in [-0.05, 0) is 43.3 Å². The number of aryl methyl sites for hydroxylation is 1. The van der Waals surface area contributed by atoms with Crippen LogP contribution in [-0.4, -0.2) is 69.8 Å². The van der Waals surface area contributed by atoms with Gasteiger partial charge >= 0.3 is 5.97 Å². The molecule has 0 amide bonds. The minimum absolute atomic E-state index is 0.0521. The summed E-state index contributed by atoms with van der Waals surface area (Å²) in [6.45, 7) is -9.25. The van der Waals surface area contributed by atoms with Gasteiger partial charge in [0.15, 0.2) is 6.27 Å². The smallest absolute Gasteiger partial charge is 0.306 e. The molecule has 4 rings (SSSR count). The van der Waals surface area contributed by atoms with Crippen LogP contribution in [0.1, 0.15) is 55.5 Å². The first kappa shape index (κ1) is 17.2. The summed E-state index contributed by atoms with van der Waals surface area (Å²) in [6, 6.07) is 13.6. The van der Waals surface area contributed by atoms with E-state index in [9.17, 15) is 18.0 Å². The maximum absolute atomic E-state index is 14.0. The number of hydrogen-bond acceptors (Lipinski definition) is 8. The van der Waals surface area contributed by atoms with Crippen LogP contribution in [0.5, 0.6) is 0 Å². The number of sulfonamides is 1. The highest BCUT2D eigenvalue weighted by molar-refractivity contribution is 7.89. The van der Waals surface area contributed by atoms with Crippen LogP contribution >= 0.6 is 0 Å². The largest absolute Gasteiger partial charge is 0.463 e. The van der Waals surface area contributed by atoms with Crippen LogP contribution in [0.2, 0.25) is 0 Å². The molecule has 0 N–H and O–H groups in total. The Kier molecular flexibility index (Phi) is 5.91. The molecule has 9 nitrogen and oxygen atoms in total. The number of hydrogen-bond donors (Lipinski definition) is 0. The van der Waals surface area contributed by atoms with E-state index in [1.54, 1.807) is 37.3 Å². The van der Waals surface area contributed by atoms with Crippen LogP contribution in [0.25, 0.3) is 0 Å². The third-order valence-corrected chi connectivity index (χ3v) is 8.01. The molecule has 2 aliphatic heterocycles. The minimum atomic E-state index is -4.63. The van der Waals surface area contributed by atoms with Crippen molar-refractivity contribution in [2.75, 3.05) is 26.2 Å². The van der Waals surface area contributed by atoms with Crippen LogP contribution < -0.4 is 0 Å². The second kappa shape index (κ2) is 13.7. The van der Waals surface area contributed by atoms with E-state index in [1.165, 1.54) is 24.3 Å². The predicted molar refractivity (Wildman–Crippen MR) is 148 cm³/mol. The van der Waals surface area contributed by atoms with Gasteiger partial charge in [-0.25, -0.2) is 8.42 Å². The lowest BCUT2D eigenvalue weighted by molar-refractivity contribution is -0.155. The van der Waals surface area contributed by atoms with Crippen molar-refractivity contribution < 1.29 is 54.8 Å². The Balaban J connectivity index is 1.77. The SMILES string of the molecule is [2H]C([2H])([2H])C([2H])(C)CN(C[C@@H](OC=O)[C@@H](CC(=O)O[C@@]1([2H])C([2H])([2H])O[C@@]2([2H])OC([2H])([2H])C([2H])([2H])[C@]21[2H])Cc1ccccc1)S(=O)(=O)c1ccc(C)cc1. The maximum Gasteiger partial charge on any atom is 0.306 e. The van der Waals surface area contributed by atoms with Gasteiger partial charge in [0.1, 0.15) is 12.2 Å². The van der Waals surface area contributed by atoms with Gasteiger partial charge in [-0.2, -0.15) is 4.31 Å². The van der Waals surface area contributed by atoms with Crippen molar-refractivity contribution in [1.82, 2.24) is 4.31 Å². The van der Waals surface area contributed by atoms with E-state index in [0.717, 1.165) is 6.92 Å². The van der Waals surface area contributed by atoms with Crippen molar-refractivity contribution in [2.24, 2.45) is 17.7 Å². The van der Waals surface area contributed by atoms with Crippen LogP contribution in [0.15, 0.2) is 59.5 Å². The molecule has 6 atom stereocenters. The monoisotopic (exact) mass is 586 g/mol. The predicted octanol–water partition coefficient (Wildman–Crippen LogP) is 3.74. The molecule has 0 saturated carbocycles. The zero-order valence-corrected chi connectivity index (χ0v) is 22.7. The average molecular weight is 587 g/mol. The third kappa shape index (κ3) is 7.69. The Morgan fingerprint density at radius 2 is 1.98 bits per heavy atom. The normalized spacial score (nSPS) is 38.0. The average Bonchev–Trinajstić information content (AvgIpc) is 3.20. The molecule has 0 spiro atoms. The molecule has 40 heavy (non-hydrogen) atoms. The van der Waals surface area contributed by atoms with E-state index >= 15 is 0 Å². The topological polar surface area (TPSA) is 108 Å². The zero-order chi connectivity index (χ0) is 40.3. The van der Waals surface area contributed by atoms with E-state index in [2.05, 4.69) is 0 Å². The van der Waals surface area contributed by atoms with Crippen LogP contribution in [0.4, 0.5) is 0 Å². The van der Waals surface area contributed by atoms with Gasteiger partial charge in [-0.1, -0.05) is 61.8 Å². The quantitative estimate of drug-likeness (QED) is 0.243. The van der Waals surface area contributed by atoms with Gasteiger partial charge in [0.05, 0.1) is 45.1 Å². The number of nitrogens with zero attached hydrogens (tertiary/aromatic N) is 1. The highest BCUT2D eigenvalue weighted by atomic mass is 32.2. The minimum Gasteiger partial charge on any atom is -0.463 e. The molecule has 0 aromatic heterocycles. The molecule has 2 saturated heterocycles. The number of rotatable bonds is 14. The number of ether oxygens (including phenoxy) is 4. The Hall–Kier alpha value is -2.79. The lowest BCUT2D eigenvalue weighted by atomic mass is 9.90. The summed E-state index contributed by atoms with van der Waals surface area (Å²) >= 11 is 0. The summed E-state index contributed by atoms with van der Waals surface area (Å²) in [6.07, 6.45) is -13.8. The highest BCUT2D eigenvalue weighted by Gasteiger charge is 2.44. The van der Waals surface area contributed by atoms with Gasteiger partial charge in [0.25, 0.3) is 6.47 Å². The number of carbonyl (C=O) groups excluding carboxylic acids is 2. The van der Waals surface area contributed by atoms with Crippen molar-refractivity contribution in [3.05, 3.63) is 65.7 Å². The second-order valence-corrected chi connectivity index (χ2v) is 11.3. The molecule has 0 bridgehead atoms. The van der Waals surface area contributed by atoms with Crippen LogP contribution in [0, 0.1) is 24.6 Å². The number of carbonyl (C=O) groups is 2. The lowest BCUT2D eigenvalue weighted by Gasteiger charge is -2.32. The van der Waals surface area contributed by atoms with Crippen molar-refractivity contribution in [3.63, 3.8) is 0 Å². The first-order valence-electron chi connectivity index (χ1n) is 18.8. The standard InChI is InChI=1S/C30H39NO8S/c1-21(2)17-31(40(34,35)25-11-9-22(3)10-12-25)18-27(38-20-32)24(15-23-7-5-4-6-8-23)16-29(33)39-28-19-37-30-26(28)13-14-36-30/h4-12,20-21,24,26-28,30H,13-19H2,1-3H3/t24-,26+,27-,28+,30-/m1/s1/i1D3,13D2,14D2,19D2,21D,26D,28D,30D/t21?,24-,26+,27-,28+,30-. The van der Waals surface area contributed by atoms with Gasteiger partial charge in [-0.3, -0.25) is 9.59 Å². The summed E-state index contributed by atoms with van der Waals surface area (Å²) < 4.78 is 156. The second-order valence-electron chi connectivity index (χ2n) is 9.31. The third-order valence-electron chi connectivity index (χ3n) is 6.18.